The first kappa shape index (κ1) is 26.1. The van der Waals surface area contributed by atoms with Crippen molar-refractivity contribution in [3.63, 3.8) is 0 Å². The smallest absolute Gasteiger partial charge is 0.267 e. The van der Waals surface area contributed by atoms with Crippen LogP contribution >= 0.6 is 11.3 Å². The van der Waals surface area contributed by atoms with Crippen molar-refractivity contribution in [3.05, 3.63) is 58.0 Å². The molecule has 200 valence electrons. The molecule has 0 bridgehead atoms. The second-order valence-corrected chi connectivity index (χ2v) is 12.3. The minimum atomic E-state index is -3.95. The molecule has 1 fully saturated rings. The van der Waals surface area contributed by atoms with Gasteiger partial charge in [0.05, 0.1) is 11.9 Å². The van der Waals surface area contributed by atoms with Gasteiger partial charge in [-0.05, 0) is 50.6 Å². The largest absolute Gasteiger partial charge is 0.439 e. The number of piperazine rings is 1. The van der Waals surface area contributed by atoms with E-state index in [-0.39, 0.29) is 10.8 Å². The van der Waals surface area contributed by atoms with Crippen molar-refractivity contribution in [2.45, 2.75) is 32.1 Å². The van der Waals surface area contributed by atoms with Crippen LogP contribution in [-0.4, -0.2) is 54.3 Å². The Morgan fingerprint density at radius 1 is 1.13 bits per heavy atom. The second kappa shape index (κ2) is 10.7. The van der Waals surface area contributed by atoms with Gasteiger partial charge < -0.3 is 15.0 Å². The summed E-state index contributed by atoms with van der Waals surface area (Å²) < 4.78 is 36.3. The summed E-state index contributed by atoms with van der Waals surface area (Å²) in [6, 6.07) is 9.96. The number of benzene rings is 1. The summed E-state index contributed by atoms with van der Waals surface area (Å²) in [7, 11) is -2.29. The number of ether oxygens (including phenoxy) is 1. The van der Waals surface area contributed by atoms with Crippen LogP contribution in [0, 0.1) is 13.8 Å². The first-order chi connectivity index (χ1) is 18.2. The van der Waals surface area contributed by atoms with Crippen molar-refractivity contribution in [2.75, 3.05) is 35.8 Å². The predicted molar refractivity (Wildman–Crippen MR) is 150 cm³/mol. The Kier molecular flexibility index (Phi) is 7.37. The Hall–Kier alpha value is -3.48. The summed E-state index contributed by atoms with van der Waals surface area (Å²) in [4.78, 5) is 13.8. The Labute approximate surface area is 226 Å². The number of sulfonamides is 1. The predicted octanol–water partition coefficient (Wildman–Crippen LogP) is 4.12. The summed E-state index contributed by atoms with van der Waals surface area (Å²) >= 11 is 1.67. The van der Waals surface area contributed by atoms with E-state index >= 15 is 0 Å². The first-order valence-electron chi connectivity index (χ1n) is 12.5. The molecule has 2 N–H and O–H groups in total. The van der Waals surface area contributed by atoms with Gasteiger partial charge in [-0.25, -0.2) is 18.1 Å². The summed E-state index contributed by atoms with van der Waals surface area (Å²) in [6.45, 7) is 9.91. The molecule has 1 aliphatic rings. The standard InChI is InChI=1S/C26H31N7O3S2/c1-5-22-24(23-14-17(2)37-18(23)3)29-26(31-38(34,35)21-15-28-32(4)16-21)30-25(22)36-20-8-6-19(7-9-20)33-12-10-27-11-13-33/h6-9,14-16,27H,5,10-13H2,1-4H3,(H,29,30,31). The summed E-state index contributed by atoms with van der Waals surface area (Å²) in [5.41, 5.74) is 3.53. The third kappa shape index (κ3) is 5.52. The zero-order valence-corrected chi connectivity index (χ0v) is 23.5. The maximum absolute atomic E-state index is 13.1. The number of hydrogen-bond acceptors (Lipinski definition) is 9. The number of nitrogens with one attached hydrogen (secondary N) is 2. The molecular formula is C26H31N7O3S2. The van der Waals surface area contributed by atoms with Crippen LogP contribution in [0.4, 0.5) is 11.6 Å². The van der Waals surface area contributed by atoms with Crippen LogP contribution in [0.2, 0.25) is 0 Å². The lowest BCUT2D eigenvalue weighted by atomic mass is 10.1. The zero-order valence-electron chi connectivity index (χ0n) is 21.9. The highest BCUT2D eigenvalue weighted by molar-refractivity contribution is 7.92. The molecule has 4 aromatic rings. The molecular weight excluding hydrogens is 522 g/mol. The van der Waals surface area contributed by atoms with Crippen molar-refractivity contribution in [2.24, 2.45) is 7.05 Å². The lowest BCUT2D eigenvalue weighted by Crippen LogP contribution is -2.43. The van der Waals surface area contributed by atoms with Crippen molar-refractivity contribution in [1.29, 1.82) is 0 Å². The van der Waals surface area contributed by atoms with E-state index in [9.17, 15) is 8.42 Å². The first-order valence-corrected chi connectivity index (χ1v) is 14.8. The van der Waals surface area contributed by atoms with Crippen molar-refractivity contribution >= 4 is 33.0 Å². The third-order valence-electron chi connectivity index (χ3n) is 6.37. The fourth-order valence-electron chi connectivity index (χ4n) is 4.48. The van der Waals surface area contributed by atoms with Gasteiger partial charge in [0.2, 0.25) is 11.8 Å². The summed E-state index contributed by atoms with van der Waals surface area (Å²) in [5.74, 6) is 0.874. The number of rotatable bonds is 8. The van der Waals surface area contributed by atoms with E-state index in [4.69, 9.17) is 4.74 Å². The summed E-state index contributed by atoms with van der Waals surface area (Å²) in [6.07, 6.45) is 3.31. The summed E-state index contributed by atoms with van der Waals surface area (Å²) in [5, 5.41) is 7.34. The quantitative estimate of drug-likeness (QED) is 0.335. The van der Waals surface area contributed by atoms with Crippen molar-refractivity contribution in [1.82, 2.24) is 25.1 Å². The molecule has 0 unspecified atom stereocenters. The molecule has 12 heteroatoms. The molecule has 0 aliphatic carbocycles. The Morgan fingerprint density at radius 2 is 1.87 bits per heavy atom. The molecule has 1 aliphatic heterocycles. The molecule has 38 heavy (non-hydrogen) atoms. The lowest BCUT2D eigenvalue weighted by Gasteiger charge is -2.29. The van der Waals surface area contributed by atoms with Crippen LogP contribution in [0.15, 0.2) is 47.6 Å². The number of thiophene rings is 1. The molecule has 0 spiro atoms. The molecule has 1 aromatic carbocycles. The molecule has 10 nitrogen and oxygen atoms in total. The number of aromatic nitrogens is 4. The van der Waals surface area contributed by atoms with Crippen LogP contribution in [0.1, 0.15) is 22.2 Å². The van der Waals surface area contributed by atoms with E-state index < -0.39 is 10.0 Å². The van der Waals surface area contributed by atoms with Gasteiger partial charge in [0, 0.05) is 66.0 Å². The average Bonchev–Trinajstić information content (AvgIpc) is 3.49. The van der Waals surface area contributed by atoms with E-state index in [1.165, 1.54) is 17.1 Å². The monoisotopic (exact) mass is 553 g/mol. The van der Waals surface area contributed by atoms with E-state index in [1.807, 2.05) is 45.0 Å². The molecule has 0 saturated carbocycles. The molecule has 4 heterocycles. The highest BCUT2D eigenvalue weighted by Gasteiger charge is 2.23. The minimum Gasteiger partial charge on any atom is -0.439 e. The van der Waals surface area contributed by atoms with E-state index in [0.717, 1.165) is 52.7 Å². The van der Waals surface area contributed by atoms with Crippen molar-refractivity contribution < 1.29 is 13.2 Å². The Bertz CT molecular complexity index is 1540. The van der Waals surface area contributed by atoms with Crippen molar-refractivity contribution in [3.8, 4) is 22.9 Å². The SMILES string of the molecule is CCc1c(Oc2ccc(N3CCNCC3)cc2)nc(NS(=O)(=O)c2cnn(C)c2)nc1-c1cc(C)sc1C. The third-order valence-corrected chi connectivity index (χ3v) is 8.62. The molecule has 0 atom stereocenters. The number of aryl methyl sites for hydroxylation is 3. The van der Waals surface area contributed by atoms with Crippen LogP contribution in [0.5, 0.6) is 11.6 Å². The van der Waals surface area contributed by atoms with Gasteiger partial charge in [-0.1, -0.05) is 6.92 Å². The van der Waals surface area contributed by atoms with Gasteiger partial charge in [-0.2, -0.15) is 10.1 Å². The highest BCUT2D eigenvalue weighted by Crippen LogP contribution is 2.37. The average molecular weight is 554 g/mol. The maximum atomic E-state index is 13.1. The van der Waals surface area contributed by atoms with Crippen LogP contribution in [-0.2, 0) is 23.5 Å². The molecule has 0 amide bonds. The topological polar surface area (TPSA) is 114 Å². The molecule has 0 radical (unpaired) electrons. The number of hydrogen-bond donors (Lipinski definition) is 2. The maximum Gasteiger partial charge on any atom is 0.267 e. The van der Waals surface area contributed by atoms with Gasteiger partial charge in [0.25, 0.3) is 10.0 Å². The molecule has 3 aromatic heterocycles. The lowest BCUT2D eigenvalue weighted by molar-refractivity contribution is 0.456. The van der Waals surface area contributed by atoms with Gasteiger partial charge in [-0.3, -0.25) is 4.68 Å². The van der Waals surface area contributed by atoms with Crippen LogP contribution < -0.4 is 19.7 Å². The normalized spacial score (nSPS) is 14.1. The fraction of sp³-hybridized carbons (Fsp3) is 0.346. The van der Waals surface area contributed by atoms with E-state index in [2.05, 4.69) is 36.1 Å². The number of nitrogens with zero attached hydrogens (tertiary/aromatic N) is 5. The van der Waals surface area contributed by atoms with Gasteiger partial charge in [0.15, 0.2) is 0 Å². The van der Waals surface area contributed by atoms with Gasteiger partial charge >= 0.3 is 0 Å². The van der Waals surface area contributed by atoms with Crippen LogP contribution in [0.25, 0.3) is 11.3 Å². The van der Waals surface area contributed by atoms with E-state index in [0.29, 0.717) is 23.7 Å². The molecule has 5 rings (SSSR count). The number of anilines is 2. The van der Waals surface area contributed by atoms with Crippen LogP contribution in [0.3, 0.4) is 0 Å². The Morgan fingerprint density at radius 3 is 2.47 bits per heavy atom. The van der Waals surface area contributed by atoms with Gasteiger partial charge in [0.1, 0.15) is 10.6 Å². The van der Waals surface area contributed by atoms with E-state index in [1.54, 1.807) is 18.4 Å². The minimum absolute atomic E-state index is 0.0262. The fourth-order valence-corrected chi connectivity index (χ4v) is 6.33. The zero-order chi connectivity index (χ0) is 26.9. The van der Waals surface area contributed by atoms with Gasteiger partial charge in [-0.15, -0.1) is 11.3 Å². The second-order valence-electron chi connectivity index (χ2n) is 9.15. The highest BCUT2D eigenvalue weighted by atomic mass is 32.2. The Balaban J connectivity index is 1.53. The molecule has 1 saturated heterocycles.